The van der Waals surface area contributed by atoms with Crippen LogP contribution in [0, 0.1) is 5.92 Å². The van der Waals surface area contributed by atoms with Gasteiger partial charge in [-0.1, -0.05) is 6.92 Å². The zero-order valence-corrected chi connectivity index (χ0v) is 12.0. The summed E-state index contributed by atoms with van der Waals surface area (Å²) < 4.78 is 4.85. The number of methoxy groups -OCH3 is 1. The quantitative estimate of drug-likeness (QED) is 0.644. The summed E-state index contributed by atoms with van der Waals surface area (Å²) in [5, 5.41) is 3.78. The van der Waals surface area contributed by atoms with Crippen molar-refractivity contribution in [3.63, 3.8) is 0 Å². The monoisotopic (exact) mass is 284 g/mol. The van der Waals surface area contributed by atoms with E-state index < -0.39 is 0 Å². The molecule has 0 saturated carbocycles. The maximum absolute atomic E-state index is 11.9. The van der Waals surface area contributed by atoms with E-state index in [1.54, 1.807) is 11.3 Å². The summed E-state index contributed by atoms with van der Waals surface area (Å²) in [6, 6.07) is 0. The molecule has 1 aromatic rings. The number of hydrogen-bond donors (Lipinski definition) is 2. The van der Waals surface area contributed by atoms with E-state index in [1.165, 1.54) is 12.0 Å². The van der Waals surface area contributed by atoms with Crippen LogP contribution in [-0.4, -0.2) is 18.2 Å². The van der Waals surface area contributed by atoms with Gasteiger partial charge in [-0.05, 0) is 43.0 Å². The Hall–Kier alpha value is -1.14. The first kappa shape index (κ1) is 13.3. The predicted octanol–water partition coefficient (Wildman–Crippen LogP) is 2.32. The van der Waals surface area contributed by atoms with Gasteiger partial charge in [0.05, 0.1) is 12.7 Å². The highest BCUT2D eigenvalue weighted by Crippen LogP contribution is 2.39. The van der Waals surface area contributed by atoms with E-state index in [2.05, 4.69) is 12.2 Å². The third-order valence-electron chi connectivity index (χ3n) is 3.14. The maximum atomic E-state index is 11.9. The number of carbonyl (C=O) groups is 1. The number of fused-ring (bicyclic) bond motifs is 1. The molecule has 1 atom stereocenters. The van der Waals surface area contributed by atoms with Crippen LogP contribution in [0.25, 0.3) is 0 Å². The van der Waals surface area contributed by atoms with Crippen molar-refractivity contribution in [3.05, 3.63) is 16.0 Å². The molecule has 1 aliphatic carbocycles. The van der Waals surface area contributed by atoms with Crippen LogP contribution >= 0.6 is 23.6 Å². The summed E-state index contributed by atoms with van der Waals surface area (Å²) in [5.74, 6) is 0.333. The highest BCUT2D eigenvalue weighted by molar-refractivity contribution is 7.80. The Morgan fingerprint density at radius 2 is 2.33 bits per heavy atom. The summed E-state index contributed by atoms with van der Waals surface area (Å²) in [5.41, 5.74) is 7.20. The van der Waals surface area contributed by atoms with Gasteiger partial charge in [0, 0.05) is 4.88 Å². The molecule has 0 saturated heterocycles. The molecule has 4 nitrogen and oxygen atoms in total. The average molecular weight is 284 g/mol. The molecule has 18 heavy (non-hydrogen) atoms. The first-order valence-corrected chi connectivity index (χ1v) is 7.04. The molecule has 98 valence electrons. The first-order valence-electron chi connectivity index (χ1n) is 5.82. The molecule has 1 aliphatic rings. The minimum Gasteiger partial charge on any atom is -0.465 e. The number of thiophene rings is 1. The summed E-state index contributed by atoms with van der Waals surface area (Å²) in [7, 11) is 1.39. The van der Waals surface area contributed by atoms with E-state index in [-0.39, 0.29) is 11.1 Å². The topological polar surface area (TPSA) is 64.3 Å². The second kappa shape index (κ2) is 5.24. The smallest absolute Gasteiger partial charge is 0.341 e. The molecule has 0 amide bonds. The van der Waals surface area contributed by atoms with Crippen LogP contribution < -0.4 is 11.1 Å². The fourth-order valence-electron chi connectivity index (χ4n) is 2.27. The lowest BCUT2D eigenvalue weighted by Gasteiger charge is -2.18. The summed E-state index contributed by atoms with van der Waals surface area (Å²) >= 11 is 6.40. The number of esters is 1. The number of anilines is 1. The second-order valence-electron chi connectivity index (χ2n) is 4.54. The van der Waals surface area contributed by atoms with E-state index in [1.807, 2.05) is 0 Å². The van der Waals surface area contributed by atoms with Gasteiger partial charge in [0.25, 0.3) is 0 Å². The fourth-order valence-corrected chi connectivity index (χ4v) is 3.85. The van der Waals surface area contributed by atoms with E-state index in [9.17, 15) is 4.79 Å². The molecule has 6 heteroatoms. The number of ether oxygens (including phenoxy) is 1. The third-order valence-corrected chi connectivity index (χ3v) is 4.41. The summed E-state index contributed by atoms with van der Waals surface area (Å²) in [6.45, 7) is 2.22. The second-order valence-corrected chi connectivity index (χ2v) is 6.08. The number of rotatable bonds is 2. The van der Waals surface area contributed by atoms with Gasteiger partial charge in [-0.2, -0.15) is 0 Å². The maximum Gasteiger partial charge on any atom is 0.341 e. The van der Waals surface area contributed by atoms with E-state index in [0.717, 1.165) is 24.8 Å². The van der Waals surface area contributed by atoms with Crippen molar-refractivity contribution in [2.45, 2.75) is 26.2 Å². The van der Waals surface area contributed by atoms with Crippen molar-refractivity contribution in [2.24, 2.45) is 11.7 Å². The Balaban J connectivity index is 2.45. The lowest BCUT2D eigenvalue weighted by Crippen LogP contribution is -2.20. The molecule has 0 spiro atoms. The van der Waals surface area contributed by atoms with Gasteiger partial charge in [0.1, 0.15) is 5.00 Å². The number of hydrogen-bond acceptors (Lipinski definition) is 4. The van der Waals surface area contributed by atoms with Gasteiger partial charge in [0.15, 0.2) is 5.11 Å². The molecule has 0 aliphatic heterocycles. The molecule has 1 aromatic heterocycles. The van der Waals surface area contributed by atoms with Crippen molar-refractivity contribution in [1.29, 1.82) is 0 Å². The van der Waals surface area contributed by atoms with Crippen LogP contribution in [0.2, 0.25) is 0 Å². The van der Waals surface area contributed by atoms with Crippen LogP contribution in [0.4, 0.5) is 5.00 Å². The molecular formula is C12H16N2O2S2. The Morgan fingerprint density at radius 3 is 2.94 bits per heavy atom. The number of carbonyl (C=O) groups excluding carboxylic acids is 1. The first-order chi connectivity index (χ1) is 8.52. The zero-order chi connectivity index (χ0) is 13.3. The molecule has 1 unspecified atom stereocenters. The van der Waals surface area contributed by atoms with Gasteiger partial charge in [-0.25, -0.2) is 4.79 Å². The standard InChI is InChI=1S/C12H16N2O2S2/c1-6-3-4-7-8(5-6)18-10(14-12(13)17)9(7)11(15)16-2/h6H,3-5H2,1-2H3,(H3,13,14,17). The number of nitrogens with one attached hydrogen (secondary N) is 1. The molecule has 0 aromatic carbocycles. The van der Waals surface area contributed by atoms with E-state index in [4.69, 9.17) is 22.7 Å². The highest BCUT2D eigenvalue weighted by Gasteiger charge is 2.28. The molecule has 0 radical (unpaired) electrons. The predicted molar refractivity (Wildman–Crippen MR) is 77.3 cm³/mol. The van der Waals surface area contributed by atoms with E-state index in [0.29, 0.717) is 16.5 Å². The summed E-state index contributed by atoms with van der Waals surface area (Å²) in [4.78, 5) is 13.1. The molecule has 1 heterocycles. The van der Waals surface area contributed by atoms with Gasteiger partial charge in [0.2, 0.25) is 0 Å². The minimum absolute atomic E-state index is 0.173. The Bertz CT molecular complexity index is 497. The Kier molecular flexibility index (Phi) is 3.87. The van der Waals surface area contributed by atoms with Gasteiger partial charge >= 0.3 is 5.97 Å². The number of thiocarbonyl (C=S) groups is 1. The van der Waals surface area contributed by atoms with Crippen molar-refractivity contribution in [3.8, 4) is 0 Å². The van der Waals surface area contributed by atoms with Gasteiger partial charge in [-0.3, -0.25) is 0 Å². The molecular weight excluding hydrogens is 268 g/mol. The third kappa shape index (κ3) is 2.49. The van der Waals surface area contributed by atoms with Crippen molar-refractivity contribution >= 4 is 39.6 Å². The lowest BCUT2D eigenvalue weighted by atomic mass is 9.88. The summed E-state index contributed by atoms with van der Waals surface area (Å²) in [6.07, 6.45) is 3.01. The highest BCUT2D eigenvalue weighted by atomic mass is 32.1. The molecule has 3 N–H and O–H groups in total. The van der Waals surface area contributed by atoms with Crippen LogP contribution in [0.5, 0.6) is 0 Å². The van der Waals surface area contributed by atoms with Gasteiger partial charge in [-0.15, -0.1) is 11.3 Å². The SMILES string of the molecule is COC(=O)c1c(NC(N)=S)sc2c1CCC(C)C2. The Morgan fingerprint density at radius 1 is 1.61 bits per heavy atom. The fraction of sp³-hybridized carbons (Fsp3) is 0.500. The van der Waals surface area contributed by atoms with Crippen LogP contribution in [-0.2, 0) is 17.6 Å². The van der Waals surface area contributed by atoms with Crippen molar-refractivity contribution < 1.29 is 9.53 Å². The largest absolute Gasteiger partial charge is 0.465 e. The molecule has 2 rings (SSSR count). The van der Waals surface area contributed by atoms with Crippen molar-refractivity contribution in [2.75, 3.05) is 12.4 Å². The Labute approximate surface area is 116 Å². The van der Waals surface area contributed by atoms with Crippen LogP contribution in [0.15, 0.2) is 0 Å². The van der Waals surface area contributed by atoms with Crippen LogP contribution in [0.1, 0.15) is 34.1 Å². The average Bonchev–Trinajstić information content (AvgIpc) is 2.64. The van der Waals surface area contributed by atoms with Gasteiger partial charge < -0.3 is 15.8 Å². The molecule has 0 fully saturated rings. The van der Waals surface area contributed by atoms with E-state index >= 15 is 0 Å². The molecule has 0 bridgehead atoms. The minimum atomic E-state index is -0.319. The zero-order valence-electron chi connectivity index (χ0n) is 10.4. The normalized spacial score (nSPS) is 18.0. The lowest BCUT2D eigenvalue weighted by molar-refractivity contribution is 0.0601. The van der Waals surface area contributed by atoms with Crippen LogP contribution in [0.3, 0.4) is 0 Å². The van der Waals surface area contributed by atoms with Crippen molar-refractivity contribution in [1.82, 2.24) is 0 Å². The number of nitrogens with two attached hydrogens (primary N) is 1.